The molecule has 3 amide bonds. The molecule has 3 aliphatic rings. The normalized spacial score (nSPS) is 15.7. The molecule has 76 heavy (non-hydrogen) atoms. The highest BCUT2D eigenvalue weighted by molar-refractivity contribution is 7.92. The quantitative estimate of drug-likeness (QED) is 0.0525. The van der Waals surface area contributed by atoms with Gasteiger partial charge in [-0.3, -0.25) is 29.1 Å². The number of rotatable bonds is 15. The molecule has 21 nitrogen and oxygen atoms in total. The van der Waals surface area contributed by atoms with Crippen LogP contribution in [0.2, 0.25) is 15.1 Å². The van der Waals surface area contributed by atoms with E-state index in [1.807, 2.05) is 57.2 Å². The summed E-state index contributed by atoms with van der Waals surface area (Å²) in [5, 5.41) is 1.50. The molecular weight excluding hydrogens is 1100 g/mol. The third-order valence-electron chi connectivity index (χ3n) is 11.8. The Morgan fingerprint density at radius 2 is 0.671 bits per heavy atom. The fraction of sp³-hybridized carbons (Fsp3) is 0.327. The first kappa shape index (κ1) is 58.7. The van der Waals surface area contributed by atoms with Crippen LogP contribution in [-0.2, 0) is 82.5 Å². The minimum atomic E-state index is -3.13. The van der Waals surface area contributed by atoms with Crippen LogP contribution in [0.15, 0.2) is 88.3 Å². The molecule has 0 saturated heterocycles. The highest BCUT2D eigenvalue weighted by atomic mass is 35.5. The molecule has 0 bridgehead atoms. The van der Waals surface area contributed by atoms with Crippen LogP contribution in [0.25, 0.3) is 0 Å². The van der Waals surface area contributed by atoms with Gasteiger partial charge < -0.3 is 17.2 Å². The van der Waals surface area contributed by atoms with Crippen LogP contribution in [-0.4, -0.2) is 77.5 Å². The van der Waals surface area contributed by atoms with E-state index in [9.17, 15) is 27.0 Å². The summed E-state index contributed by atoms with van der Waals surface area (Å²) in [6.07, 6.45) is 1.99. The smallest absolute Gasteiger partial charge is 0.233 e. The van der Waals surface area contributed by atoms with Gasteiger partial charge in [-0.15, -0.1) is 0 Å². The first-order valence-electron chi connectivity index (χ1n) is 23.4. The van der Waals surface area contributed by atoms with E-state index in [0.29, 0.717) is 88.1 Å². The number of fused-ring (bicyclic) bond motifs is 3. The van der Waals surface area contributed by atoms with E-state index < -0.39 is 29.2 Å². The molecule has 0 aliphatic carbocycles. The highest BCUT2D eigenvalue weighted by Crippen LogP contribution is 2.36. The van der Waals surface area contributed by atoms with E-state index >= 15 is 0 Å². The van der Waals surface area contributed by atoms with Crippen LogP contribution < -0.4 is 31.9 Å². The molecule has 9 N–H and O–H groups in total. The minimum absolute atomic E-state index is 0. The van der Waals surface area contributed by atoms with Crippen molar-refractivity contribution in [1.82, 2.24) is 29.9 Å². The Morgan fingerprint density at radius 1 is 0.447 bits per heavy atom. The summed E-state index contributed by atoms with van der Waals surface area (Å²) in [7, 11) is -9.39. The highest BCUT2D eigenvalue weighted by Gasteiger charge is 2.36. The number of benzene rings is 3. The van der Waals surface area contributed by atoms with E-state index in [-0.39, 0.29) is 94.6 Å². The van der Waals surface area contributed by atoms with Gasteiger partial charge in [0.25, 0.3) is 0 Å². The largest absolute Gasteiger partial charge is 0.383 e. The number of amides is 3. The monoisotopic (exact) mass is 1150 g/mol. The molecule has 404 valence electrons. The lowest BCUT2D eigenvalue weighted by Crippen LogP contribution is -2.27. The molecule has 0 spiro atoms. The number of hydrogen-bond acceptors (Lipinski definition) is 18. The van der Waals surface area contributed by atoms with Crippen molar-refractivity contribution in [2.45, 2.75) is 102 Å². The van der Waals surface area contributed by atoms with E-state index in [2.05, 4.69) is 29.9 Å². The number of nitrogens with two attached hydrogens (primary N) is 3. The molecule has 3 atom stereocenters. The van der Waals surface area contributed by atoms with Crippen molar-refractivity contribution < 1.29 is 27.0 Å². The molecular formula is C49H58Cl3N15O6S3. The van der Waals surface area contributed by atoms with Gasteiger partial charge in [-0.25, -0.2) is 56.9 Å². The molecule has 0 radical (unpaired) electrons. The van der Waals surface area contributed by atoms with Crippen LogP contribution in [0.4, 0.5) is 34.9 Å². The van der Waals surface area contributed by atoms with Crippen molar-refractivity contribution in [3.8, 4) is 0 Å². The number of halogens is 3. The van der Waals surface area contributed by atoms with Crippen molar-refractivity contribution in [1.29, 1.82) is 14.3 Å². The minimum Gasteiger partial charge on any atom is -0.383 e. The second-order valence-corrected chi connectivity index (χ2v) is 25.2. The van der Waals surface area contributed by atoms with Crippen molar-refractivity contribution in [3.63, 3.8) is 0 Å². The average molecular weight is 1160 g/mol. The molecule has 3 aromatic carbocycles. The SMILES string of the molecule is C.CCCS(=N)(=O)c1nc(N)c2c(n1)N(Cc1ccc(Cl)cc1)C(=O)C2.CCC[S@@](=N)(=O)c1nc(N)c2c(n1)N(Cc1ccc(Cl)cc1)C(=O)C2.CCC[S@](=N)(=O)c1nc(N)c2c(n1)N(Cc1ccc(Cl)cc1)C(=O)C2. The molecule has 3 aliphatic heterocycles. The van der Waals surface area contributed by atoms with Crippen molar-refractivity contribution >= 4 is 117 Å². The fourth-order valence-corrected chi connectivity index (χ4v) is 12.2. The number of carbonyl (C=O) groups is 3. The zero-order valence-corrected chi connectivity index (χ0v) is 45.7. The van der Waals surface area contributed by atoms with Gasteiger partial charge in [-0.1, -0.05) is 99.4 Å². The average Bonchev–Trinajstić information content (AvgIpc) is 3.97. The molecule has 27 heteroatoms. The third kappa shape index (κ3) is 13.3. The number of anilines is 6. The predicted octanol–water partition coefficient (Wildman–Crippen LogP) is 8.49. The Kier molecular flexibility index (Phi) is 18.7. The summed E-state index contributed by atoms with van der Waals surface area (Å²) in [6, 6.07) is 21.4. The van der Waals surface area contributed by atoms with Crippen LogP contribution in [0.3, 0.4) is 0 Å². The number of hydrogen-bond donors (Lipinski definition) is 6. The lowest BCUT2D eigenvalue weighted by Gasteiger charge is -2.17. The zero-order valence-electron chi connectivity index (χ0n) is 41.0. The van der Waals surface area contributed by atoms with Crippen LogP contribution in [0.5, 0.6) is 0 Å². The summed E-state index contributed by atoms with van der Waals surface area (Å²) in [5.74, 6) is 1.35. The predicted molar refractivity (Wildman–Crippen MR) is 298 cm³/mol. The fourth-order valence-electron chi connectivity index (χ4n) is 8.06. The lowest BCUT2D eigenvalue weighted by molar-refractivity contribution is -0.118. The van der Waals surface area contributed by atoms with Gasteiger partial charge in [-0.2, -0.15) is 0 Å². The molecule has 6 aromatic rings. The third-order valence-corrected chi connectivity index (χ3v) is 17.8. The number of aromatic nitrogens is 6. The summed E-state index contributed by atoms with van der Waals surface area (Å²) in [5.41, 5.74) is 22.0. The molecule has 0 fully saturated rings. The second-order valence-electron chi connectivity index (χ2n) is 17.6. The molecule has 6 heterocycles. The van der Waals surface area contributed by atoms with Gasteiger partial charge in [0, 0.05) is 49.0 Å². The van der Waals surface area contributed by atoms with E-state index in [1.165, 1.54) is 14.7 Å². The number of nitrogens with one attached hydrogen (secondary N) is 3. The Hall–Kier alpha value is -6.57. The summed E-state index contributed by atoms with van der Waals surface area (Å²) < 4.78 is 61.5. The topological polar surface area (TPSA) is 339 Å². The van der Waals surface area contributed by atoms with Crippen LogP contribution in [0.1, 0.15) is 80.8 Å². The molecule has 9 rings (SSSR count). The number of nitrogen functional groups attached to an aromatic ring is 3. The number of nitrogens with zero attached hydrogens (tertiary/aromatic N) is 9. The maximum absolute atomic E-state index is 12.5. The lowest BCUT2D eigenvalue weighted by atomic mass is 10.2. The van der Waals surface area contributed by atoms with E-state index in [4.69, 9.17) is 66.3 Å². The molecule has 0 saturated carbocycles. The van der Waals surface area contributed by atoms with Crippen LogP contribution in [0, 0.1) is 14.3 Å². The van der Waals surface area contributed by atoms with Gasteiger partial charge in [0.2, 0.25) is 33.2 Å². The number of carbonyl (C=O) groups excluding carboxylic acids is 3. The summed E-state index contributed by atoms with van der Waals surface area (Å²) in [4.78, 5) is 66.6. The van der Waals surface area contributed by atoms with Gasteiger partial charge in [0.05, 0.1) is 38.9 Å². The van der Waals surface area contributed by atoms with Gasteiger partial charge in [0.15, 0.2) is 0 Å². The summed E-state index contributed by atoms with van der Waals surface area (Å²) in [6.45, 7) is 6.40. The zero-order chi connectivity index (χ0) is 54.6. The van der Waals surface area contributed by atoms with Crippen molar-refractivity contribution in [2.75, 3.05) is 49.2 Å². The second kappa shape index (κ2) is 24.2. The summed E-state index contributed by atoms with van der Waals surface area (Å²) >= 11 is 17.7. The standard InChI is InChI=1S/3C16H18ClN5O2S.CH4/c3*1-2-7-25(19,24)16-20-14(18)12-8-13(23)22(15(12)21-16)9-10-3-5-11(17)6-4-10;/h3*3-6,19H,2,7-9H2,1H3,(H2,18,20,21);1H4/t2*25-;;/m10../s1. The van der Waals surface area contributed by atoms with Crippen molar-refractivity contribution in [2.24, 2.45) is 0 Å². The molecule has 1 unspecified atom stereocenters. The Balaban J connectivity index is 0.000000184. The Morgan fingerprint density at radius 3 is 0.882 bits per heavy atom. The maximum Gasteiger partial charge on any atom is 0.233 e. The Bertz CT molecular complexity index is 3150. The van der Waals surface area contributed by atoms with Gasteiger partial charge >= 0.3 is 0 Å². The first-order chi connectivity index (χ1) is 35.4. The maximum atomic E-state index is 12.5. The van der Waals surface area contributed by atoms with Crippen molar-refractivity contribution in [3.05, 3.63) is 121 Å². The van der Waals surface area contributed by atoms with Gasteiger partial charge in [-0.05, 0) is 72.4 Å². The van der Waals surface area contributed by atoms with Crippen LogP contribution >= 0.6 is 34.8 Å². The Labute approximate surface area is 457 Å². The van der Waals surface area contributed by atoms with Gasteiger partial charge in [0.1, 0.15) is 64.1 Å². The molecule has 3 aromatic heterocycles. The first-order valence-corrected chi connectivity index (χ1v) is 29.7. The van der Waals surface area contributed by atoms with E-state index in [1.54, 1.807) is 36.4 Å². The van der Waals surface area contributed by atoms with E-state index in [0.717, 1.165) is 16.7 Å².